The van der Waals surface area contributed by atoms with E-state index in [9.17, 15) is 32.3 Å². The van der Waals surface area contributed by atoms with Crippen molar-refractivity contribution in [2.24, 2.45) is 5.73 Å². The Morgan fingerprint density at radius 1 is 1.11 bits per heavy atom. The molecule has 47 heavy (non-hydrogen) atoms. The smallest absolute Gasteiger partial charge is 0.424 e. The first kappa shape index (κ1) is 31.4. The maximum atomic E-state index is 14.8. The third-order valence-corrected chi connectivity index (χ3v) is 7.90. The van der Waals surface area contributed by atoms with Crippen molar-refractivity contribution in [1.82, 2.24) is 20.3 Å². The van der Waals surface area contributed by atoms with E-state index in [1.54, 1.807) is 12.1 Å². The van der Waals surface area contributed by atoms with Crippen molar-refractivity contribution in [1.29, 1.82) is 0 Å². The summed E-state index contributed by atoms with van der Waals surface area (Å²) in [6.45, 7) is -0.430. The van der Waals surface area contributed by atoms with Crippen LogP contribution >= 0.6 is 0 Å². The number of ether oxygens (including phenoxy) is 2. The molecule has 11 nitrogen and oxygen atoms in total. The fraction of sp³-hybridized carbons (Fsp3) is 0.219. The lowest BCUT2D eigenvalue weighted by molar-refractivity contribution is -0.265. The molecule has 0 radical (unpaired) electrons. The van der Waals surface area contributed by atoms with Crippen LogP contribution in [0.15, 0.2) is 77.7 Å². The molecule has 0 saturated carbocycles. The van der Waals surface area contributed by atoms with Crippen molar-refractivity contribution >= 4 is 22.7 Å². The number of nitrogens with one attached hydrogen (secondary N) is 1. The van der Waals surface area contributed by atoms with Crippen LogP contribution in [0.1, 0.15) is 34.4 Å². The number of carbonyl (C=O) groups excluding carboxylic acids is 2. The van der Waals surface area contributed by atoms with Gasteiger partial charge < -0.3 is 30.0 Å². The number of oxazole rings is 1. The molecule has 1 unspecified atom stereocenters. The number of hydrogen-bond acceptors (Lipinski definition) is 9. The maximum absolute atomic E-state index is 14.8. The minimum Gasteiger partial charge on any atom is -0.489 e. The molecule has 1 aliphatic heterocycles. The number of benzene rings is 2. The number of fused-ring (bicyclic) bond motifs is 2. The zero-order valence-electron chi connectivity index (χ0n) is 24.5. The average molecular weight is 652 g/mol. The number of hydrogen-bond donors (Lipinski definition) is 3. The molecule has 3 aromatic heterocycles. The van der Waals surface area contributed by atoms with E-state index in [4.69, 9.17) is 19.6 Å². The number of aliphatic hydroxyl groups is 1. The van der Waals surface area contributed by atoms with E-state index in [0.29, 0.717) is 10.9 Å². The molecular formula is C32H25F4N5O6. The Kier molecular flexibility index (Phi) is 7.79. The van der Waals surface area contributed by atoms with E-state index in [2.05, 4.69) is 20.3 Å². The van der Waals surface area contributed by atoms with Gasteiger partial charge in [-0.15, -0.1) is 0 Å². The molecule has 4 N–H and O–H groups in total. The molecule has 2 amide bonds. The fourth-order valence-corrected chi connectivity index (χ4v) is 5.11. The Morgan fingerprint density at radius 3 is 2.55 bits per heavy atom. The van der Waals surface area contributed by atoms with Crippen LogP contribution < -0.4 is 20.5 Å². The Bertz CT molecular complexity index is 1990. The molecule has 0 saturated heterocycles. The number of amides is 2. The summed E-state index contributed by atoms with van der Waals surface area (Å²) < 4.78 is 74.6. The lowest BCUT2D eigenvalue weighted by atomic mass is 9.81. The van der Waals surface area contributed by atoms with Crippen molar-refractivity contribution in [3.63, 3.8) is 0 Å². The normalized spacial score (nSPS) is 17.1. The summed E-state index contributed by atoms with van der Waals surface area (Å²) in [4.78, 5) is 38.1. The molecule has 6 rings (SSSR count). The van der Waals surface area contributed by atoms with Crippen molar-refractivity contribution in [3.8, 4) is 22.8 Å². The summed E-state index contributed by atoms with van der Waals surface area (Å²) in [7, 11) is 0. The lowest BCUT2D eigenvalue weighted by Crippen LogP contribution is -2.51. The number of rotatable bonds is 9. The van der Waals surface area contributed by atoms with E-state index in [1.165, 1.54) is 49.8 Å². The van der Waals surface area contributed by atoms with E-state index in [1.807, 2.05) is 0 Å². The summed E-state index contributed by atoms with van der Waals surface area (Å²) in [6.07, 6.45) is -1.12. The van der Waals surface area contributed by atoms with E-state index >= 15 is 0 Å². The Hall–Kier alpha value is -5.57. The summed E-state index contributed by atoms with van der Waals surface area (Å²) in [5, 5.41) is 13.9. The first-order valence-corrected chi connectivity index (χ1v) is 14.0. The highest BCUT2D eigenvalue weighted by Crippen LogP contribution is 2.47. The SMILES string of the molecule is C[C@]1(C(N)=O)COc2c1cc(C(O)(CNC(=O)c1cc(OCc3ncco3)c3ncccc3c1)C(F)(F)F)nc2-c1ccc(F)cc1. The molecule has 0 fully saturated rings. The molecule has 0 bridgehead atoms. The quantitative estimate of drug-likeness (QED) is 0.197. The van der Waals surface area contributed by atoms with Crippen LogP contribution in [0, 0.1) is 5.82 Å². The van der Waals surface area contributed by atoms with Gasteiger partial charge in [-0.25, -0.2) is 14.4 Å². The molecular weight excluding hydrogens is 626 g/mol. The topological polar surface area (TPSA) is 163 Å². The van der Waals surface area contributed by atoms with Crippen LogP contribution in [-0.4, -0.2) is 51.2 Å². The van der Waals surface area contributed by atoms with Crippen LogP contribution in [0.4, 0.5) is 17.6 Å². The highest BCUT2D eigenvalue weighted by atomic mass is 19.4. The summed E-state index contributed by atoms with van der Waals surface area (Å²) in [5.74, 6) is -2.17. The van der Waals surface area contributed by atoms with Gasteiger partial charge in [0.1, 0.15) is 46.8 Å². The van der Waals surface area contributed by atoms with Gasteiger partial charge in [0, 0.05) is 28.3 Å². The number of nitrogens with zero attached hydrogens (tertiary/aromatic N) is 3. The molecule has 242 valence electrons. The number of pyridine rings is 2. The van der Waals surface area contributed by atoms with Gasteiger partial charge in [0.25, 0.3) is 5.91 Å². The number of primary amides is 1. The average Bonchev–Trinajstić information content (AvgIpc) is 3.70. The van der Waals surface area contributed by atoms with E-state index < -0.39 is 47.1 Å². The van der Waals surface area contributed by atoms with Gasteiger partial charge in [0.05, 0.1) is 18.4 Å². The van der Waals surface area contributed by atoms with Gasteiger partial charge >= 0.3 is 6.18 Å². The predicted octanol–water partition coefficient (Wildman–Crippen LogP) is 4.32. The molecule has 15 heteroatoms. The second kappa shape index (κ2) is 11.7. The molecule has 0 spiro atoms. The van der Waals surface area contributed by atoms with Gasteiger partial charge in [0.2, 0.25) is 17.4 Å². The third-order valence-electron chi connectivity index (χ3n) is 7.90. The van der Waals surface area contributed by atoms with Crippen molar-refractivity contribution < 1.29 is 46.1 Å². The second-order valence-electron chi connectivity index (χ2n) is 11.0. The number of halogens is 4. The minimum absolute atomic E-state index is 0.0442. The molecule has 4 heterocycles. The largest absolute Gasteiger partial charge is 0.489 e. The van der Waals surface area contributed by atoms with Crippen molar-refractivity contribution in [2.75, 3.05) is 13.2 Å². The Labute approximate surface area is 263 Å². The Balaban J connectivity index is 1.37. The number of alkyl halides is 3. The van der Waals surface area contributed by atoms with E-state index in [-0.39, 0.29) is 53.0 Å². The van der Waals surface area contributed by atoms with Crippen molar-refractivity contribution in [3.05, 3.63) is 102 Å². The van der Waals surface area contributed by atoms with E-state index in [0.717, 1.165) is 18.2 Å². The molecule has 2 atom stereocenters. The van der Waals surface area contributed by atoms with Gasteiger partial charge in [-0.05, 0) is 55.5 Å². The zero-order valence-corrected chi connectivity index (χ0v) is 24.5. The number of aromatic nitrogens is 3. The number of carbonyl (C=O) groups is 2. The monoisotopic (exact) mass is 651 g/mol. The van der Waals surface area contributed by atoms with Crippen LogP contribution in [0.3, 0.4) is 0 Å². The highest BCUT2D eigenvalue weighted by Gasteiger charge is 2.57. The van der Waals surface area contributed by atoms with Crippen LogP contribution in [0.2, 0.25) is 0 Å². The molecule has 0 aliphatic carbocycles. The molecule has 1 aliphatic rings. The molecule has 2 aromatic carbocycles. The standard InChI is InChI=1S/C32H25F4N5O6/c1-30(29(37)43)16-47-27-21(30)13-23(41-26(27)17-4-6-20(33)7-5-17)31(44,32(34,35)36)15-40-28(42)19-11-18-3-2-8-39-25(18)22(12-19)46-14-24-38-9-10-45-24/h2-13,44H,14-16H2,1H3,(H2,37,43)(H,40,42)/t30-,31?/m0/s1. The maximum Gasteiger partial charge on any atom is 0.424 e. The highest BCUT2D eigenvalue weighted by molar-refractivity contribution is 6.00. The Morgan fingerprint density at radius 2 is 1.87 bits per heavy atom. The van der Waals surface area contributed by atoms with Gasteiger partial charge in [0.15, 0.2) is 6.61 Å². The summed E-state index contributed by atoms with van der Waals surface area (Å²) >= 11 is 0. The fourth-order valence-electron chi connectivity index (χ4n) is 5.11. The summed E-state index contributed by atoms with van der Waals surface area (Å²) in [5.41, 5.74) is -0.510. The first-order chi connectivity index (χ1) is 22.3. The predicted molar refractivity (Wildman–Crippen MR) is 157 cm³/mol. The van der Waals surface area contributed by atoms with Gasteiger partial charge in [-0.1, -0.05) is 6.07 Å². The number of nitrogens with two attached hydrogens (primary N) is 1. The molecule has 5 aromatic rings. The lowest BCUT2D eigenvalue weighted by Gasteiger charge is -2.31. The second-order valence-corrected chi connectivity index (χ2v) is 11.0. The third kappa shape index (κ3) is 5.69. The van der Waals surface area contributed by atoms with Gasteiger partial charge in [-0.2, -0.15) is 13.2 Å². The minimum atomic E-state index is -5.39. The zero-order chi connectivity index (χ0) is 33.6. The van der Waals surface area contributed by atoms with Gasteiger partial charge in [-0.3, -0.25) is 14.6 Å². The van der Waals surface area contributed by atoms with Crippen LogP contribution in [0.5, 0.6) is 11.5 Å². The first-order valence-electron chi connectivity index (χ1n) is 14.0. The van der Waals surface area contributed by atoms with Crippen molar-refractivity contribution in [2.45, 2.75) is 30.7 Å². The summed E-state index contributed by atoms with van der Waals surface area (Å²) in [6, 6.07) is 11.5. The van der Waals surface area contributed by atoms with Crippen LogP contribution in [-0.2, 0) is 22.4 Å². The van der Waals surface area contributed by atoms with Crippen LogP contribution in [0.25, 0.3) is 22.2 Å².